The van der Waals surface area contributed by atoms with Crippen LogP contribution in [0.25, 0.3) is 11.0 Å². The highest BCUT2D eigenvalue weighted by atomic mass is 35.5. The molecule has 1 aliphatic heterocycles. The number of quaternary nitrogens is 1. The number of benzene rings is 2. The molecule has 0 aliphatic carbocycles. The zero-order valence-electron chi connectivity index (χ0n) is 18.1. The standard InChI is InChI=1S/C24H24Cl2N6O/c25-19-3-1-18(2-4-19)16-32-24-22(15-29-32)23(27-17-28-24)31-11-9-30(10-12-31)13-14-33-21-7-5-20(26)6-8-21/h1-8,15,17H,9-14,16H2/p+1. The molecule has 1 aliphatic rings. The fraction of sp³-hybridized carbons (Fsp3) is 0.292. The van der Waals surface area contributed by atoms with Crippen LogP contribution < -0.4 is 14.5 Å². The van der Waals surface area contributed by atoms with Crippen LogP contribution in [-0.2, 0) is 6.54 Å². The van der Waals surface area contributed by atoms with Crippen molar-refractivity contribution in [2.24, 2.45) is 0 Å². The Kier molecular flexibility index (Phi) is 6.62. The second kappa shape index (κ2) is 9.95. The highest BCUT2D eigenvalue weighted by Gasteiger charge is 2.23. The minimum atomic E-state index is 0.642. The quantitative estimate of drug-likeness (QED) is 0.437. The third kappa shape index (κ3) is 5.21. The summed E-state index contributed by atoms with van der Waals surface area (Å²) in [6.07, 6.45) is 3.51. The third-order valence-corrected chi connectivity index (χ3v) is 6.47. The minimum Gasteiger partial charge on any atom is -0.488 e. The molecular formula is C24H25Cl2N6O+. The van der Waals surface area contributed by atoms with Crippen LogP contribution in [0.3, 0.4) is 0 Å². The lowest BCUT2D eigenvalue weighted by Gasteiger charge is -2.33. The first-order valence-electron chi connectivity index (χ1n) is 11.0. The number of hydrogen-bond acceptors (Lipinski definition) is 5. The molecule has 0 radical (unpaired) electrons. The number of anilines is 1. The lowest BCUT2D eigenvalue weighted by atomic mass is 10.2. The van der Waals surface area contributed by atoms with Crippen molar-refractivity contribution in [3.63, 3.8) is 0 Å². The molecule has 5 rings (SSSR count). The Morgan fingerprint density at radius 2 is 1.61 bits per heavy atom. The van der Waals surface area contributed by atoms with Crippen molar-refractivity contribution in [1.29, 1.82) is 0 Å². The fourth-order valence-electron chi connectivity index (χ4n) is 4.14. The summed E-state index contributed by atoms with van der Waals surface area (Å²) < 4.78 is 7.77. The first kappa shape index (κ1) is 21.9. The van der Waals surface area contributed by atoms with E-state index in [1.165, 1.54) is 4.90 Å². The van der Waals surface area contributed by atoms with Gasteiger partial charge >= 0.3 is 0 Å². The van der Waals surface area contributed by atoms with Gasteiger partial charge in [-0.1, -0.05) is 35.3 Å². The lowest BCUT2D eigenvalue weighted by Crippen LogP contribution is -3.15. The van der Waals surface area contributed by atoms with Crippen LogP contribution >= 0.6 is 23.2 Å². The Morgan fingerprint density at radius 3 is 2.33 bits per heavy atom. The Labute approximate surface area is 202 Å². The highest BCUT2D eigenvalue weighted by molar-refractivity contribution is 6.30. The molecule has 0 atom stereocenters. The molecule has 0 spiro atoms. The first-order valence-corrected chi connectivity index (χ1v) is 11.8. The molecule has 7 nitrogen and oxygen atoms in total. The van der Waals surface area contributed by atoms with Gasteiger partial charge in [0.2, 0.25) is 0 Å². The minimum absolute atomic E-state index is 0.642. The summed E-state index contributed by atoms with van der Waals surface area (Å²) in [6.45, 7) is 6.24. The van der Waals surface area contributed by atoms with Crippen molar-refractivity contribution in [2.45, 2.75) is 6.54 Å². The number of ether oxygens (including phenoxy) is 1. The maximum absolute atomic E-state index is 6.01. The summed E-state index contributed by atoms with van der Waals surface area (Å²) in [6, 6.07) is 15.3. The predicted molar refractivity (Wildman–Crippen MR) is 131 cm³/mol. The van der Waals surface area contributed by atoms with Gasteiger partial charge in [0.05, 0.1) is 44.3 Å². The molecule has 170 valence electrons. The number of fused-ring (bicyclic) bond motifs is 1. The maximum atomic E-state index is 6.01. The van der Waals surface area contributed by atoms with Gasteiger partial charge in [0.15, 0.2) is 5.65 Å². The Hall–Kier alpha value is -2.87. The van der Waals surface area contributed by atoms with Gasteiger partial charge in [-0.15, -0.1) is 0 Å². The van der Waals surface area contributed by atoms with Crippen molar-refractivity contribution < 1.29 is 9.64 Å². The number of nitrogens with zero attached hydrogens (tertiary/aromatic N) is 5. The average molecular weight is 484 g/mol. The molecule has 1 fully saturated rings. The van der Waals surface area contributed by atoms with Crippen LogP contribution in [0.2, 0.25) is 10.0 Å². The lowest BCUT2D eigenvalue weighted by molar-refractivity contribution is -0.900. The molecule has 0 bridgehead atoms. The fourth-order valence-corrected chi connectivity index (χ4v) is 4.39. The van der Waals surface area contributed by atoms with Crippen LogP contribution in [0.4, 0.5) is 5.82 Å². The van der Waals surface area contributed by atoms with Gasteiger partial charge in [0.1, 0.15) is 31.0 Å². The number of piperazine rings is 1. The Morgan fingerprint density at radius 1 is 0.909 bits per heavy atom. The predicted octanol–water partition coefficient (Wildman–Crippen LogP) is 2.97. The normalized spacial score (nSPS) is 14.7. The first-order chi connectivity index (χ1) is 16.2. The molecule has 1 saturated heterocycles. The number of aromatic nitrogens is 4. The van der Waals surface area contributed by atoms with Crippen molar-refractivity contribution in [2.75, 3.05) is 44.2 Å². The maximum Gasteiger partial charge on any atom is 0.163 e. The number of hydrogen-bond donors (Lipinski definition) is 1. The van der Waals surface area contributed by atoms with Crippen LogP contribution in [-0.4, -0.2) is 59.1 Å². The molecule has 33 heavy (non-hydrogen) atoms. The van der Waals surface area contributed by atoms with Crippen LogP contribution in [0, 0.1) is 0 Å². The monoisotopic (exact) mass is 483 g/mol. The van der Waals surface area contributed by atoms with Gasteiger partial charge in [0, 0.05) is 10.0 Å². The molecule has 2 aromatic heterocycles. The molecule has 2 aromatic carbocycles. The molecule has 4 aromatic rings. The van der Waals surface area contributed by atoms with E-state index in [4.69, 9.17) is 27.9 Å². The van der Waals surface area contributed by atoms with Crippen LogP contribution in [0.15, 0.2) is 61.1 Å². The van der Waals surface area contributed by atoms with Crippen molar-refractivity contribution in [1.82, 2.24) is 19.7 Å². The largest absolute Gasteiger partial charge is 0.488 e. The summed E-state index contributed by atoms with van der Waals surface area (Å²) in [5.41, 5.74) is 1.98. The van der Waals surface area contributed by atoms with E-state index in [9.17, 15) is 0 Å². The van der Waals surface area contributed by atoms with E-state index in [-0.39, 0.29) is 0 Å². The molecule has 3 heterocycles. The van der Waals surface area contributed by atoms with E-state index in [1.807, 2.05) is 59.4 Å². The summed E-state index contributed by atoms with van der Waals surface area (Å²) >= 11 is 11.9. The van der Waals surface area contributed by atoms with Crippen LogP contribution in [0.5, 0.6) is 5.75 Å². The highest BCUT2D eigenvalue weighted by Crippen LogP contribution is 2.23. The van der Waals surface area contributed by atoms with E-state index in [0.717, 1.165) is 70.9 Å². The molecule has 9 heteroatoms. The summed E-state index contributed by atoms with van der Waals surface area (Å²) in [5.74, 6) is 1.82. The molecule has 0 amide bonds. The second-order valence-corrected chi connectivity index (χ2v) is 9.03. The Bertz CT molecular complexity index is 1200. The number of halogens is 2. The summed E-state index contributed by atoms with van der Waals surface area (Å²) in [5, 5.41) is 7.02. The zero-order chi connectivity index (χ0) is 22.6. The molecule has 0 unspecified atom stereocenters. The van der Waals surface area contributed by atoms with Gasteiger partial charge in [-0.2, -0.15) is 5.10 Å². The number of rotatable bonds is 7. The van der Waals surface area contributed by atoms with E-state index in [1.54, 1.807) is 6.33 Å². The summed E-state index contributed by atoms with van der Waals surface area (Å²) in [7, 11) is 0. The second-order valence-electron chi connectivity index (χ2n) is 8.15. The SMILES string of the molecule is Clc1ccc(Cn2ncc3c(N4CC[NH+](CCOc5ccc(Cl)cc5)CC4)ncnc32)cc1. The van der Waals surface area contributed by atoms with E-state index in [2.05, 4.69) is 20.0 Å². The van der Waals surface area contributed by atoms with Gasteiger partial charge in [-0.3, -0.25) is 0 Å². The van der Waals surface area contributed by atoms with E-state index < -0.39 is 0 Å². The van der Waals surface area contributed by atoms with Crippen LogP contribution in [0.1, 0.15) is 5.56 Å². The van der Waals surface area contributed by atoms with Crippen molar-refractivity contribution in [3.05, 3.63) is 76.7 Å². The Balaban J connectivity index is 1.19. The average Bonchev–Trinajstić information content (AvgIpc) is 3.25. The van der Waals surface area contributed by atoms with E-state index >= 15 is 0 Å². The van der Waals surface area contributed by atoms with E-state index in [0.29, 0.717) is 13.2 Å². The molecule has 0 saturated carbocycles. The zero-order valence-corrected chi connectivity index (χ0v) is 19.6. The third-order valence-electron chi connectivity index (χ3n) is 5.97. The number of nitrogens with one attached hydrogen (secondary N) is 1. The van der Waals surface area contributed by atoms with Gasteiger partial charge in [0.25, 0.3) is 0 Å². The molecular weight excluding hydrogens is 459 g/mol. The smallest absolute Gasteiger partial charge is 0.163 e. The summed E-state index contributed by atoms with van der Waals surface area (Å²) in [4.78, 5) is 13.0. The van der Waals surface area contributed by atoms with Gasteiger partial charge in [-0.25, -0.2) is 14.6 Å². The van der Waals surface area contributed by atoms with Gasteiger partial charge < -0.3 is 14.5 Å². The molecule has 1 N–H and O–H groups in total. The topological polar surface area (TPSA) is 60.5 Å². The van der Waals surface area contributed by atoms with Crippen molar-refractivity contribution >= 4 is 40.1 Å². The van der Waals surface area contributed by atoms with Crippen molar-refractivity contribution in [3.8, 4) is 5.75 Å². The van der Waals surface area contributed by atoms with Gasteiger partial charge in [-0.05, 0) is 42.0 Å².